The molecule has 0 unspecified atom stereocenters. The van der Waals surface area contributed by atoms with Gasteiger partial charge in [-0.05, 0) is 68.5 Å². The Kier molecular flexibility index (Phi) is 7.93. The highest BCUT2D eigenvalue weighted by Gasteiger charge is 2.32. The molecule has 2 aliphatic heterocycles. The van der Waals surface area contributed by atoms with Crippen LogP contribution in [0.5, 0.6) is 5.75 Å². The van der Waals surface area contributed by atoms with Gasteiger partial charge in [0.05, 0.1) is 35.4 Å². The number of piperidine rings is 1. The molecule has 0 aliphatic carbocycles. The molecule has 3 heterocycles. The highest BCUT2D eigenvalue weighted by atomic mass is 32.2. The van der Waals surface area contributed by atoms with Crippen molar-refractivity contribution in [3.8, 4) is 17.6 Å². The van der Waals surface area contributed by atoms with Gasteiger partial charge in [0.2, 0.25) is 0 Å². The molecule has 2 aliphatic rings. The maximum Gasteiger partial charge on any atom is 0.406 e. The van der Waals surface area contributed by atoms with Crippen molar-refractivity contribution >= 4 is 32.1 Å². The molecule has 0 amide bonds. The summed E-state index contributed by atoms with van der Waals surface area (Å²) in [5.41, 5.74) is 2.11. The zero-order valence-electron chi connectivity index (χ0n) is 22.5. The highest BCUT2D eigenvalue weighted by Crippen LogP contribution is 2.33. The third kappa shape index (κ3) is 6.34. The van der Waals surface area contributed by atoms with Crippen LogP contribution in [-0.4, -0.2) is 69.1 Å². The number of fused-ring (bicyclic) bond motifs is 2. The Hall–Kier alpha value is -3.36. The van der Waals surface area contributed by atoms with E-state index in [1.165, 1.54) is 36.7 Å². The van der Waals surface area contributed by atoms with Crippen molar-refractivity contribution in [2.24, 2.45) is 0 Å². The lowest BCUT2D eigenvalue weighted by Crippen LogP contribution is -2.42. The van der Waals surface area contributed by atoms with Gasteiger partial charge >= 0.3 is 6.18 Å². The molecular formula is C29H33F3N4O3S. The van der Waals surface area contributed by atoms with E-state index in [4.69, 9.17) is 4.74 Å². The summed E-state index contributed by atoms with van der Waals surface area (Å²) < 4.78 is 70.9. The van der Waals surface area contributed by atoms with Gasteiger partial charge in [0.15, 0.2) is 9.84 Å². The lowest BCUT2D eigenvalue weighted by atomic mass is 9.97. The lowest BCUT2D eigenvalue weighted by Gasteiger charge is -2.35. The number of ether oxygens (including phenoxy) is 1. The predicted molar refractivity (Wildman–Crippen MR) is 151 cm³/mol. The molecule has 2 fully saturated rings. The fraction of sp³-hybridized carbons (Fsp3) is 0.448. The highest BCUT2D eigenvalue weighted by molar-refractivity contribution is 7.90. The van der Waals surface area contributed by atoms with Gasteiger partial charge in [0, 0.05) is 42.0 Å². The molecule has 0 bridgehead atoms. The first-order valence-electron chi connectivity index (χ1n) is 13.3. The number of halogens is 3. The zero-order valence-corrected chi connectivity index (χ0v) is 23.3. The molecule has 11 heteroatoms. The third-order valence-corrected chi connectivity index (χ3v) is 8.76. The van der Waals surface area contributed by atoms with Gasteiger partial charge in [-0.1, -0.05) is 12.0 Å². The number of nitrogens with zero attached hydrogens (tertiary/aromatic N) is 2. The van der Waals surface area contributed by atoms with Crippen LogP contribution in [0.4, 0.5) is 24.5 Å². The van der Waals surface area contributed by atoms with Crippen LogP contribution in [0.2, 0.25) is 0 Å². The summed E-state index contributed by atoms with van der Waals surface area (Å²) in [4.78, 5) is 2.66. The second kappa shape index (κ2) is 11.3. The molecule has 5 rings (SSSR count). The summed E-state index contributed by atoms with van der Waals surface area (Å²) in [6.45, 7) is 1.17. The number of hydrogen-bond acceptors (Lipinski definition) is 6. The van der Waals surface area contributed by atoms with E-state index in [1.54, 1.807) is 24.3 Å². The van der Waals surface area contributed by atoms with Crippen LogP contribution in [0.25, 0.3) is 10.9 Å². The number of hydrogen-bond donors (Lipinski definition) is 2. The molecule has 2 aromatic carbocycles. The van der Waals surface area contributed by atoms with Crippen molar-refractivity contribution in [2.45, 2.75) is 55.4 Å². The first-order chi connectivity index (χ1) is 19.0. The fourth-order valence-electron chi connectivity index (χ4n) is 5.76. The van der Waals surface area contributed by atoms with Crippen LogP contribution in [0.15, 0.2) is 47.4 Å². The molecule has 2 saturated heterocycles. The van der Waals surface area contributed by atoms with E-state index >= 15 is 0 Å². The molecule has 3 aromatic rings. The summed E-state index contributed by atoms with van der Waals surface area (Å²) >= 11 is 0. The Balaban J connectivity index is 1.38. The minimum Gasteiger partial charge on any atom is -0.495 e. The first-order valence-corrected chi connectivity index (χ1v) is 15.2. The van der Waals surface area contributed by atoms with Crippen LogP contribution in [0.1, 0.15) is 31.4 Å². The average molecular weight is 575 g/mol. The largest absolute Gasteiger partial charge is 0.495 e. The molecule has 7 nitrogen and oxygen atoms in total. The van der Waals surface area contributed by atoms with Gasteiger partial charge in [0.25, 0.3) is 0 Å². The van der Waals surface area contributed by atoms with Crippen LogP contribution >= 0.6 is 0 Å². The summed E-state index contributed by atoms with van der Waals surface area (Å²) in [6.07, 6.45) is 1.16. The number of nitrogens with one attached hydrogen (secondary N) is 2. The van der Waals surface area contributed by atoms with E-state index in [9.17, 15) is 21.6 Å². The monoisotopic (exact) mass is 574 g/mol. The smallest absolute Gasteiger partial charge is 0.406 e. The van der Waals surface area contributed by atoms with Gasteiger partial charge in [-0.15, -0.1) is 0 Å². The molecule has 0 radical (unpaired) electrons. The van der Waals surface area contributed by atoms with E-state index < -0.39 is 22.6 Å². The van der Waals surface area contributed by atoms with Crippen molar-refractivity contribution < 1.29 is 26.3 Å². The molecule has 2 N–H and O–H groups in total. The third-order valence-electron chi connectivity index (χ3n) is 7.65. The summed E-state index contributed by atoms with van der Waals surface area (Å²) in [6, 6.07) is 12.4. The minimum absolute atomic E-state index is 0.118. The van der Waals surface area contributed by atoms with E-state index in [1.807, 2.05) is 6.07 Å². The Morgan fingerprint density at radius 1 is 1.10 bits per heavy atom. The molecule has 40 heavy (non-hydrogen) atoms. The molecule has 0 saturated carbocycles. The molecule has 2 atom stereocenters. The Labute approximate surface area is 232 Å². The molecule has 214 valence electrons. The maximum atomic E-state index is 13.6. The van der Waals surface area contributed by atoms with Crippen molar-refractivity contribution in [1.82, 2.24) is 9.47 Å². The van der Waals surface area contributed by atoms with E-state index in [2.05, 4.69) is 27.4 Å². The van der Waals surface area contributed by atoms with Crippen molar-refractivity contribution in [2.75, 3.05) is 43.6 Å². The number of methoxy groups -OCH3 is 1. The fourth-order valence-corrected chi connectivity index (χ4v) is 6.40. The second-order valence-corrected chi connectivity index (χ2v) is 12.5. The number of benzene rings is 2. The van der Waals surface area contributed by atoms with Gasteiger partial charge in [-0.25, -0.2) is 8.42 Å². The quantitative estimate of drug-likeness (QED) is 0.382. The molecule has 1 aromatic heterocycles. The molecular weight excluding hydrogens is 541 g/mol. The summed E-state index contributed by atoms with van der Waals surface area (Å²) in [5, 5.41) is 7.39. The first kappa shape index (κ1) is 28.2. The van der Waals surface area contributed by atoms with E-state index in [-0.39, 0.29) is 23.2 Å². The number of sulfone groups is 1. The lowest BCUT2D eigenvalue weighted by molar-refractivity contribution is -0.140. The van der Waals surface area contributed by atoms with Crippen LogP contribution in [0.3, 0.4) is 0 Å². The summed E-state index contributed by atoms with van der Waals surface area (Å²) in [5.74, 6) is 6.15. The Bertz CT molecular complexity index is 1560. The van der Waals surface area contributed by atoms with Gasteiger partial charge in [-0.2, -0.15) is 13.2 Å². The average Bonchev–Trinajstić information content (AvgIpc) is 3.50. The van der Waals surface area contributed by atoms with Gasteiger partial charge < -0.3 is 24.8 Å². The number of alkyl halides is 3. The normalized spacial score (nSPS) is 19.6. The number of aromatic nitrogens is 1. The Morgan fingerprint density at radius 2 is 1.93 bits per heavy atom. The number of anilines is 2. The van der Waals surface area contributed by atoms with E-state index in [0.29, 0.717) is 23.0 Å². The zero-order chi connectivity index (χ0) is 28.5. The van der Waals surface area contributed by atoms with Crippen LogP contribution < -0.4 is 15.4 Å². The minimum atomic E-state index is -4.41. The topological polar surface area (TPSA) is 75.6 Å². The van der Waals surface area contributed by atoms with Crippen molar-refractivity contribution in [3.05, 3.63) is 48.2 Å². The van der Waals surface area contributed by atoms with Crippen LogP contribution in [0, 0.1) is 11.8 Å². The van der Waals surface area contributed by atoms with Gasteiger partial charge in [-0.3, -0.25) is 0 Å². The maximum absolute atomic E-state index is 13.6. The SMILES string of the molecule is COc1cc(S(C)(=O)=O)ccc1NCC#Cc1cc2c(N[C@@H]3CCN4CCC[C@@H]4C3)cccc2n1CC(F)(F)F. The summed E-state index contributed by atoms with van der Waals surface area (Å²) in [7, 11) is -1.97. The van der Waals surface area contributed by atoms with Gasteiger partial charge in [0.1, 0.15) is 12.3 Å². The second-order valence-electron chi connectivity index (χ2n) is 10.5. The van der Waals surface area contributed by atoms with Crippen LogP contribution in [-0.2, 0) is 16.4 Å². The Morgan fingerprint density at radius 3 is 2.67 bits per heavy atom. The molecule has 0 spiro atoms. The van der Waals surface area contributed by atoms with Crippen molar-refractivity contribution in [3.63, 3.8) is 0 Å². The van der Waals surface area contributed by atoms with E-state index in [0.717, 1.165) is 43.3 Å². The van der Waals surface area contributed by atoms with Crippen molar-refractivity contribution in [1.29, 1.82) is 0 Å². The predicted octanol–water partition coefficient (Wildman–Crippen LogP) is 5.12. The standard InChI is InChI=1S/C29H33F3N4O3S/c1-39-28-18-23(40(2,37)38)10-11-26(28)33-13-4-6-22-17-24-25(8-3-9-27(24)36(22)19-29(30,31)32)34-20-12-15-35-14-5-7-21(35)16-20/h3,8-11,17-18,20-21,33-34H,5,7,12-16,19H2,1-2H3/t20-,21-/m1/s1. The number of rotatable bonds is 7.